The summed E-state index contributed by atoms with van der Waals surface area (Å²) in [5, 5.41) is 3.21. The molecule has 3 heteroatoms. The van der Waals surface area contributed by atoms with E-state index in [9.17, 15) is 0 Å². The number of rotatable bonds is 6. The van der Waals surface area contributed by atoms with Gasteiger partial charge in [0.05, 0.1) is 6.61 Å². The van der Waals surface area contributed by atoms with E-state index < -0.39 is 0 Å². The van der Waals surface area contributed by atoms with Crippen LogP contribution in [0.2, 0.25) is 0 Å². The average Bonchev–Trinajstić information content (AvgIpc) is 2.28. The van der Waals surface area contributed by atoms with Crippen molar-refractivity contribution in [1.82, 2.24) is 5.32 Å². The molecule has 0 amide bonds. The summed E-state index contributed by atoms with van der Waals surface area (Å²) in [5.41, 5.74) is 1.23. The molecular formula is C13H21NO2. The molecule has 0 bridgehead atoms. The van der Waals surface area contributed by atoms with Crippen molar-refractivity contribution in [2.45, 2.75) is 26.0 Å². The van der Waals surface area contributed by atoms with E-state index in [0.29, 0.717) is 12.6 Å². The van der Waals surface area contributed by atoms with Gasteiger partial charge in [0, 0.05) is 13.2 Å². The van der Waals surface area contributed by atoms with Gasteiger partial charge in [0.25, 0.3) is 0 Å². The van der Waals surface area contributed by atoms with E-state index in [1.165, 1.54) is 5.56 Å². The largest absolute Gasteiger partial charge is 0.488 e. The first-order chi connectivity index (χ1) is 7.67. The van der Waals surface area contributed by atoms with Crippen LogP contribution in [0.15, 0.2) is 24.3 Å². The van der Waals surface area contributed by atoms with E-state index in [0.717, 1.165) is 5.75 Å². The standard InChI is InChI=1S/C13H21NO2/c1-10(9-15-4)16-13-7-5-6-12(8-13)11(2)14-3/h5-8,10-11,14H,9H2,1-4H3. The van der Waals surface area contributed by atoms with Crippen molar-refractivity contribution in [1.29, 1.82) is 0 Å². The molecule has 0 aliphatic carbocycles. The van der Waals surface area contributed by atoms with Gasteiger partial charge in [0.2, 0.25) is 0 Å². The van der Waals surface area contributed by atoms with E-state index in [1.54, 1.807) is 7.11 Å². The number of hydrogen-bond acceptors (Lipinski definition) is 3. The van der Waals surface area contributed by atoms with E-state index in [4.69, 9.17) is 9.47 Å². The predicted octanol–water partition coefficient (Wildman–Crippen LogP) is 2.38. The van der Waals surface area contributed by atoms with E-state index in [2.05, 4.69) is 24.4 Å². The van der Waals surface area contributed by atoms with E-state index >= 15 is 0 Å². The van der Waals surface area contributed by atoms with Crippen LogP contribution in [0.1, 0.15) is 25.5 Å². The molecule has 1 rings (SSSR count). The van der Waals surface area contributed by atoms with Crippen molar-refractivity contribution in [3.63, 3.8) is 0 Å². The van der Waals surface area contributed by atoms with Crippen molar-refractivity contribution in [3.8, 4) is 5.75 Å². The van der Waals surface area contributed by atoms with Gasteiger partial charge in [-0.05, 0) is 38.6 Å². The minimum Gasteiger partial charge on any atom is -0.488 e. The van der Waals surface area contributed by atoms with Gasteiger partial charge in [-0.1, -0.05) is 12.1 Å². The Morgan fingerprint density at radius 1 is 1.31 bits per heavy atom. The van der Waals surface area contributed by atoms with Crippen LogP contribution < -0.4 is 10.1 Å². The summed E-state index contributed by atoms with van der Waals surface area (Å²) < 4.78 is 10.8. The third kappa shape index (κ3) is 3.83. The Morgan fingerprint density at radius 2 is 2.06 bits per heavy atom. The molecule has 0 aromatic heterocycles. The average molecular weight is 223 g/mol. The van der Waals surface area contributed by atoms with Crippen LogP contribution in [0.25, 0.3) is 0 Å². The van der Waals surface area contributed by atoms with Gasteiger partial charge in [-0.15, -0.1) is 0 Å². The maximum atomic E-state index is 5.74. The van der Waals surface area contributed by atoms with Gasteiger partial charge in [-0.2, -0.15) is 0 Å². The normalized spacial score (nSPS) is 14.5. The first-order valence-electron chi connectivity index (χ1n) is 5.60. The van der Waals surface area contributed by atoms with Crippen molar-refractivity contribution in [3.05, 3.63) is 29.8 Å². The Bertz CT molecular complexity index is 315. The lowest BCUT2D eigenvalue weighted by atomic mass is 10.1. The van der Waals surface area contributed by atoms with Crippen LogP contribution in [-0.2, 0) is 4.74 Å². The Labute approximate surface area is 97.8 Å². The molecule has 1 N–H and O–H groups in total. The Hall–Kier alpha value is -1.06. The van der Waals surface area contributed by atoms with Gasteiger partial charge in [0.15, 0.2) is 0 Å². The van der Waals surface area contributed by atoms with Crippen LogP contribution in [0, 0.1) is 0 Å². The topological polar surface area (TPSA) is 30.5 Å². The van der Waals surface area contributed by atoms with Crippen molar-refractivity contribution < 1.29 is 9.47 Å². The van der Waals surface area contributed by atoms with Crippen LogP contribution in [-0.4, -0.2) is 26.9 Å². The lowest BCUT2D eigenvalue weighted by Crippen LogP contribution is -2.18. The van der Waals surface area contributed by atoms with Crippen LogP contribution in [0.4, 0.5) is 0 Å². The number of benzene rings is 1. The van der Waals surface area contributed by atoms with Gasteiger partial charge in [0.1, 0.15) is 11.9 Å². The summed E-state index contributed by atoms with van der Waals surface area (Å²) in [6.07, 6.45) is 0.0742. The molecule has 1 aromatic rings. The van der Waals surface area contributed by atoms with Gasteiger partial charge >= 0.3 is 0 Å². The second-order valence-corrected chi connectivity index (χ2v) is 3.97. The van der Waals surface area contributed by atoms with Crippen LogP contribution >= 0.6 is 0 Å². The highest BCUT2D eigenvalue weighted by Crippen LogP contribution is 2.19. The summed E-state index contributed by atoms with van der Waals surface area (Å²) in [7, 11) is 3.63. The zero-order chi connectivity index (χ0) is 12.0. The highest BCUT2D eigenvalue weighted by atomic mass is 16.5. The van der Waals surface area contributed by atoms with Crippen molar-refractivity contribution in [2.24, 2.45) is 0 Å². The zero-order valence-corrected chi connectivity index (χ0v) is 10.5. The molecule has 0 radical (unpaired) electrons. The van der Waals surface area contributed by atoms with E-state index in [-0.39, 0.29) is 6.10 Å². The second kappa shape index (κ2) is 6.51. The lowest BCUT2D eigenvalue weighted by Gasteiger charge is -2.16. The molecule has 0 saturated carbocycles. The molecular weight excluding hydrogens is 202 g/mol. The summed E-state index contributed by atoms with van der Waals surface area (Å²) >= 11 is 0. The van der Waals surface area contributed by atoms with Crippen LogP contribution in [0.5, 0.6) is 5.75 Å². The molecule has 3 nitrogen and oxygen atoms in total. The molecule has 0 saturated heterocycles. The first kappa shape index (κ1) is 13.0. The quantitative estimate of drug-likeness (QED) is 0.803. The fourth-order valence-corrected chi connectivity index (χ4v) is 1.52. The number of nitrogens with one attached hydrogen (secondary N) is 1. The molecule has 0 fully saturated rings. The summed E-state index contributed by atoms with van der Waals surface area (Å²) in [6.45, 7) is 4.72. The lowest BCUT2D eigenvalue weighted by molar-refractivity contribution is 0.0920. The maximum Gasteiger partial charge on any atom is 0.120 e. The first-order valence-corrected chi connectivity index (χ1v) is 5.60. The molecule has 0 heterocycles. The Kier molecular flexibility index (Phi) is 5.29. The smallest absolute Gasteiger partial charge is 0.120 e. The Morgan fingerprint density at radius 3 is 2.69 bits per heavy atom. The third-order valence-corrected chi connectivity index (χ3v) is 2.53. The van der Waals surface area contributed by atoms with Crippen molar-refractivity contribution in [2.75, 3.05) is 20.8 Å². The minimum atomic E-state index is 0.0742. The molecule has 0 spiro atoms. The Balaban J connectivity index is 2.67. The summed E-state index contributed by atoms with van der Waals surface area (Å²) in [5.74, 6) is 0.893. The van der Waals surface area contributed by atoms with Crippen molar-refractivity contribution >= 4 is 0 Å². The fraction of sp³-hybridized carbons (Fsp3) is 0.538. The number of methoxy groups -OCH3 is 1. The molecule has 2 atom stereocenters. The second-order valence-electron chi connectivity index (χ2n) is 3.97. The summed E-state index contributed by atoms with van der Waals surface area (Å²) in [4.78, 5) is 0. The zero-order valence-electron chi connectivity index (χ0n) is 10.5. The third-order valence-electron chi connectivity index (χ3n) is 2.53. The molecule has 16 heavy (non-hydrogen) atoms. The summed E-state index contributed by atoms with van der Waals surface area (Å²) in [6, 6.07) is 8.47. The molecule has 0 aliphatic rings. The van der Waals surface area contributed by atoms with Gasteiger partial charge in [-0.25, -0.2) is 0 Å². The van der Waals surface area contributed by atoms with Crippen LogP contribution in [0.3, 0.4) is 0 Å². The number of hydrogen-bond donors (Lipinski definition) is 1. The fourth-order valence-electron chi connectivity index (χ4n) is 1.52. The molecule has 1 aromatic carbocycles. The van der Waals surface area contributed by atoms with Gasteiger partial charge < -0.3 is 14.8 Å². The minimum absolute atomic E-state index is 0.0742. The van der Waals surface area contributed by atoms with E-state index in [1.807, 2.05) is 26.1 Å². The molecule has 90 valence electrons. The van der Waals surface area contributed by atoms with Gasteiger partial charge in [-0.3, -0.25) is 0 Å². The highest BCUT2D eigenvalue weighted by molar-refractivity contribution is 5.30. The maximum absolute atomic E-state index is 5.74. The number of ether oxygens (including phenoxy) is 2. The monoisotopic (exact) mass is 223 g/mol. The molecule has 0 aliphatic heterocycles. The SMILES string of the molecule is CNC(C)c1cccc(OC(C)COC)c1. The molecule has 2 unspecified atom stereocenters. The highest BCUT2D eigenvalue weighted by Gasteiger charge is 2.06. The predicted molar refractivity (Wildman–Crippen MR) is 65.9 cm³/mol.